The van der Waals surface area contributed by atoms with Crippen LogP contribution in [0.1, 0.15) is 32.6 Å². The summed E-state index contributed by atoms with van der Waals surface area (Å²) in [5, 5.41) is 9.04. The molecule has 1 fully saturated rings. The number of rotatable bonds is 5. The van der Waals surface area contributed by atoms with Crippen LogP contribution in [0, 0.1) is 0 Å². The van der Waals surface area contributed by atoms with E-state index in [9.17, 15) is 8.42 Å². The SMILES string of the molecule is CCCS(=O)(=O)NC1(CO)CCC1. The second-order valence-electron chi connectivity index (χ2n) is 3.71. The van der Waals surface area contributed by atoms with Gasteiger partial charge in [-0.05, 0) is 25.7 Å². The van der Waals surface area contributed by atoms with Gasteiger partial charge in [-0.3, -0.25) is 0 Å². The molecule has 0 amide bonds. The van der Waals surface area contributed by atoms with Crippen LogP contribution >= 0.6 is 0 Å². The fourth-order valence-electron chi connectivity index (χ4n) is 1.55. The van der Waals surface area contributed by atoms with Crippen LogP contribution in [0.3, 0.4) is 0 Å². The molecule has 0 aromatic carbocycles. The fraction of sp³-hybridized carbons (Fsp3) is 1.00. The third kappa shape index (κ3) is 2.65. The Morgan fingerprint density at radius 1 is 1.46 bits per heavy atom. The highest BCUT2D eigenvalue weighted by Crippen LogP contribution is 2.31. The van der Waals surface area contributed by atoms with Crippen molar-refractivity contribution < 1.29 is 13.5 Å². The van der Waals surface area contributed by atoms with Gasteiger partial charge in [-0.1, -0.05) is 6.92 Å². The van der Waals surface area contributed by atoms with Crippen LogP contribution in [0.15, 0.2) is 0 Å². The minimum absolute atomic E-state index is 0.0874. The monoisotopic (exact) mass is 207 g/mol. The Balaban J connectivity index is 2.56. The molecule has 5 heteroatoms. The first-order valence-corrected chi connectivity index (χ1v) is 6.31. The first-order valence-electron chi connectivity index (χ1n) is 4.66. The van der Waals surface area contributed by atoms with E-state index in [1.54, 1.807) is 0 Å². The first-order chi connectivity index (χ1) is 6.04. The molecule has 13 heavy (non-hydrogen) atoms. The van der Waals surface area contributed by atoms with E-state index in [0.717, 1.165) is 19.3 Å². The van der Waals surface area contributed by atoms with Crippen molar-refractivity contribution in [2.75, 3.05) is 12.4 Å². The molecule has 1 saturated carbocycles. The molecule has 0 saturated heterocycles. The van der Waals surface area contributed by atoms with E-state index in [0.29, 0.717) is 6.42 Å². The van der Waals surface area contributed by atoms with Gasteiger partial charge >= 0.3 is 0 Å². The van der Waals surface area contributed by atoms with Gasteiger partial charge < -0.3 is 5.11 Å². The van der Waals surface area contributed by atoms with Gasteiger partial charge in [0.15, 0.2) is 0 Å². The molecule has 0 atom stereocenters. The van der Waals surface area contributed by atoms with E-state index in [4.69, 9.17) is 5.11 Å². The van der Waals surface area contributed by atoms with Crippen molar-refractivity contribution in [1.82, 2.24) is 4.72 Å². The summed E-state index contributed by atoms with van der Waals surface area (Å²) in [6.45, 7) is 1.74. The summed E-state index contributed by atoms with van der Waals surface area (Å²) in [5.41, 5.74) is -0.534. The molecule has 1 rings (SSSR count). The Morgan fingerprint density at radius 3 is 2.38 bits per heavy atom. The van der Waals surface area contributed by atoms with E-state index >= 15 is 0 Å². The lowest BCUT2D eigenvalue weighted by atomic mass is 9.78. The third-order valence-electron chi connectivity index (χ3n) is 2.46. The molecule has 0 aromatic rings. The first kappa shape index (κ1) is 10.9. The maximum Gasteiger partial charge on any atom is 0.212 e. The lowest BCUT2D eigenvalue weighted by molar-refractivity contribution is 0.110. The lowest BCUT2D eigenvalue weighted by Gasteiger charge is -2.40. The summed E-state index contributed by atoms with van der Waals surface area (Å²) in [6.07, 6.45) is 3.12. The van der Waals surface area contributed by atoms with Crippen molar-refractivity contribution in [2.24, 2.45) is 0 Å². The van der Waals surface area contributed by atoms with Gasteiger partial charge in [0.25, 0.3) is 0 Å². The smallest absolute Gasteiger partial charge is 0.212 e. The molecule has 78 valence electrons. The molecule has 0 radical (unpaired) electrons. The molecule has 4 nitrogen and oxygen atoms in total. The highest BCUT2D eigenvalue weighted by atomic mass is 32.2. The van der Waals surface area contributed by atoms with Crippen molar-refractivity contribution in [3.8, 4) is 0 Å². The van der Waals surface area contributed by atoms with Gasteiger partial charge in [-0.2, -0.15) is 0 Å². The van der Waals surface area contributed by atoms with Gasteiger partial charge in [0.1, 0.15) is 0 Å². The summed E-state index contributed by atoms with van der Waals surface area (Å²) in [6, 6.07) is 0. The Bertz CT molecular complexity index is 251. The summed E-state index contributed by atoms with van der Waals surface area (Å²) in [5.74, 6) is 0.148. The van der Waals surface area contributed by atoms with E-state index in [2.05, 4.69) is 4.72 Å². The number of aliphatic hydroxyl groups excluding tert-OH is 1. The second kappa shape index (κ2) is 3.94. The summed E-state index contributed by atoms with van der Waals surface area (Å²) < 4.78 is 25.3. The van der Waals surface area contributed by atoms with Gasteiger partial charge in [-0.15, -0.1) is 0 Å². The van der Waals surface area contributed by atoms with Gasteiger partial charge in [0.2, 0.25) is 10.0 Å². The van der Waals surface area contributed by atoms with Crippen LogP contribution in [-0.4, -0.2) is 31.4 Å². The van der Waals surface area contributed by atoms with Crippen LogP contribution in [0.5, 0.6) is 0 Å². The summed E-state index contributed by atoms with van der Waals surface area (Å²) >= 11 is 0. The van der Waals surface area contributed by atoms with Crippen LogP contribution in [0.2, 0.25) is 0 Å². The van der Waals surface area contributed by atoms with Crippen molar-refractivity contribution in [3.05, 3.63) is 0 Å². The van der Waals surface area contributed by atoms with E-state index in [-0.39, 0.29) is 12.4 Å². The Kier molecular flexibility index (Phi) is 3.32. The number of aliphatic hydroxyl groups is 1. The molecule has 0 unspecified atom stereocenters. The number of hydrogen-bond acceptors (Lipinski definition) is 3. The molecule has 0 aromatic heterocycles. The molecule has 1 aliphatic carbocycles. The molecule has 0 bridgehead atoms. The van der Waals surface area contributed by atoms with Gasteiger partial charge in [0.05, 0.1) is 17.9 Å². The zero-order chi connectivity index (χ0) is 9.95. The van der Waals surface area contributed by atoms with Crippen LogP contribution in [0.4, 0.5) is 0 Å². The quantitative estimate of drug-likeness (QED) is 0.678. The highest BCUT2D eigenvalue weighted by Gasteiger charge is 2.39. The summed E-state index contributed by atoms with van der Waals surface area (Å²) in [4.78, 5) is 0. The minimum atomic E-state index is -3.17. The van der Waals surface area contributed by atoms with Crippen molar-refractivity contribution in [2.45, 2.75) is 38.1 Å². The zero-order valence-corrected chi connectivity index (χ0v) is 8.73. The normalized spacial score (nSPS) is 21.1. The standard InChI is InChI=1S/C8H17NO3S/c1-2-6-13(11,12)9-8(7-10)4-3-5-8/h9-10H,2-7H2,1H3. The van der Waals surface area contributed by atoms with Crippen LogP contribution < -0.4 is 4.72 Å². The largest absolute Gasteiger partial charge is 0.394 e. The average Bonchev–Trinajstić information content (AvgIpc) is 1.97. The number of sulfonamides is 1. The maximum atomic E-state index is 11.4. The third-order valence-corrected chi connectivity index (χ3v) is 4.15. The molecule has 2 N–H and O–H groups in total. The van der Waals surface area contributed by atoms with E-state index in [1.165, 1.54) is 0 Å². The summed E-state index contributed by atoms with van der Waals surface area (Å²) in [7, 11) is -3.17. The van der Waals surface area contributed by atoms with E-state index < -0.39 is 15.6 Å². The predicted molar refractivity (Wildman–Crippen MR) is 50.9 cm³/mol. The Hall–Kier alpha value is -0.130. The zero-order valence-electron chi connectivity index (χ0n) is 7.91. The Morgan fingerprint density at radius 2 is 2.08 bits per heavy atom. The van der Waals surface area contributed by atoms with Gasteiger partial charge in [0, 0.05) is 0 Å². The topological polar surface area (TPSA) is 66.4 Å². The Labute approximate surface area is 79.4 Å². The number of hydrogen-bond donors (Lipinski definition) is 2. The minimum Gasteiger partial charge on any atom is -0.394 e. The fourth-order valence-corrected chi connectivity index (χ4v) is 3.11. The average molecular weight is 207 g/mol. The van der Waals surface area contributed by atoms with Crippen LogP contribution in [-0.2, 0) is 10.0 Å². The van der Waals surface area contributed by atoms with Crippen LogP contribution in [0.25, 0.3) is 0 Å². The van der Waals surface area contributed by atoms with Crippen molar-refractivity contribution in [3.63, 3.8) is 0 Å². The highest BCUT2D eigenvalue weighted by molar-refractivity contribution is 7.89. The van der Waals surface area contributed by atoms with Crippen molar-refractivity contribution in [1.29, 1.82) is 0 Å². The molecule has 0 heterocycles. The molecule has 1 aliphatic rings. The lowest BCUT2D eigenvalue weighted by Crippen LogP contribution is -2.56. The van der Waals surface area contributed by atoms with E-state index in [1.807, 2.05) is 6.92 Å². The van der Waals surface area contributed by atoms with Gasteiger partial charge in [-0.25, -0.2) is 13.1 Å². The number of nitrogens with one attached hydrogen (secondary N) is 1. The molecule has 0 aliphatic heterocycles. The van der Waals surface area contributed by atoms with Crippen molar-refractivity contribution >= 4 is 10.0 Å². The maximum absolute atomic E-state index is 11.4. The molecule has 0 spiro atoms. The molecular formula is C8H17NO3S. The molecular weight excluding hydrogens is 190 g/mol. The second-order valence-corrected chi connectivity index (χ2v) is 5.55. The predicted octanol–water partition coefficient (Wildman–Crippen LogP) is 0.231.